The number of amides is 1. The van der Waals surface area contributed by atoms with Gasteiger partial charge in [-0.25, -0.2) is 8.42 Å². The molecule has 0 aliphatic heterocycles. The third-order valence-corrected chi connectivity index (χ3v) is 7.24. The van der Waals surface area contributed by atoms with E-state index >= 15 is 0 Å². The van der Waals surface area contributed by atoms with Crippen molar-refractivity contribution in [1.29, 1.82) is 0 Å². The Balaban J connectivity index is 1.68. The summed E-state index contributed by atoms with van der Waals surface area (Å²) in [6.45, 7) is 4.19. The van der Waals surface area contributed by atoms with Crippen LogP contribution in [0.1, 0.15) is 33.1 Å². The van der Waals surface area contributed by atoms with Gasteiger partial charge in [-0.3, -0.25) is 9.52 Å². The quantitative estimate of drug-likeness (QED) is 0.480. The highest BCUT2D eigenvalue weighted by Gasteiger charge is 2.18. The van der Waals surface area contributed by atoms with Crippen molar-refractivity contribution < 1.29 is 17.9 Å². The van der Waals surface area contributed by atoms with Crippen molar-refractivity contribution in [3.8, 4) is 5.75 Å². The van der Waals surface area contributed by atoms with Crippen LogP contribution in [-0.2, 0) is 10.0 Å². The SMILES string of the molecule is COc1ccc(C(CNC(=O)c2ccc(S(=O)(=O)Nc3cccc(C)c3C)cc2)N(C)C)cc1. The number of methoxy groups -OCH3 is 1. The summed E-state index contributed by atoms with van der Waals surface area (Å²) in [5.74, 6) is 0.499. The lowest BCUT2D eigenvalue weighted by Crippen LogP contribution is -2.34. The number of anilines is 1. The highest BCUT2D eigenvalue weighted by molar-refractivity contribution is 7.92. The summed E-state index contributed by atoms with van der Waals surface area (Å²) in [5, 5.41) is 2.94. The van der Waals surface area contributed by atoms with Gasteiger partial charge in [0.05, 0.1) is 23.7 Å². The Bertz CT molecular complexity index is 1240. The van der Waals surface area contributed by atoms with Crippen LogP contribution >= 0.6 is 0 Å². The fraction of sp³-hybridized carbons (Fsp3) is 0.269. The van der Waals surface area contributed by atoms with Gasteiger partial charge in [-0.15, -0.1) is 0 Å². The van der Waals surface area contributed by atoms with E-state index in [1.54, 1.807) is 19.2 Å². The monoisotopic (exact) mass is 481 g/mol. The molecule has 180 valence electrons. The molecule has 0 saturated heterocycles. The molecule has 3 aromatic carbocycles. The Labute approximate surface area is 201 Å². The van der Waals surface area contributed by atoms with Crippen LogP contribution in [0.25, 0.3) is 0 Å². The van der Waals surface area contributed by atoms with Crippen LogP contribution in [0, 0.1) is 13.8 Å². The molecule has 0 fully saturated rings. The van der Waals surface area contributed by atoms with E-state index in [9.17, 15) is 13.2 Å². The van der Waals surface area contributed by atoms with Gasteiger partial charge in [0.15, 0.2) is 0 Å². The van der Waals surface area contributed by atoms with E-state index in [0.717, 1.165) is 22.4 Å². The molecule has 0 aliphatic rings. The van der Waals surface area contributed by atoms with E-state index in [4.69, 9.17) is 4.74 Å². The number of benzene rings is 3. The summed E-state index contributed by atoms with van der Waals surface area (Å²) in [6, 6.07) is 19.1. The molecule has 3 rings (SSSR count). The predicted molar refractivity (Wildman–Crippen MR) is 135 cm³/mol. The van der Waals surface area contributed by atoms with E-state index in [0.29, 0.717) is 17.8 Å². The van der Waals surface area contributed by atoms with Gasteiger partial charge < -0.3 is 15.0 Å². The number of nitrogens with zero attached hydrogens (tertiary/aromatic N) is 1. The minimum Gasteiger partial charge on any atom is -0.497 e. The first-order chi connectivity index (χ1) is 16.1. The lowest BCUT2D eigenvalue weighted by molar-refractivity contribution is 0.0942. The highest BCUT2D eigenvalue weighted by atomic mass is 32.2. The molecule has 3 aromatic rings. The van der Waals surface area contributed by atoms with Crippen LogP contribution in [0.2, 0.25) is 0 Å². The highest BCUT2D eigenvalue weighted by Crippen LogP contribution is 2.23. The molecule has 7 nitrogen and oxygen atoms in total. The van der Waals surface area contributed by atoms with Crippen molar-refractivity contribution in [3.63, 3.8) is 0 Å². The molecular weight excluding hydrogens is 450 g/mol. The van der Waals surface area contributed by atoms with Crippen LogP contribution in [0.4, 0.5) is 5.69 Å². The van der Waals surface area contributed by atoms with Crippen molar-refractivity contribution in [2.24, 2.45) is 0 Å². The summed E-state index contributed by atoms with van der Waals surface area (Å²) in [4.78, 5) is 14.8. The van der Waals surface area contributed by atoms with Crippen molar-refractivity contribution in [3.05, 3.63) is 89.0 Å². The Morgan fingerprint density at radius 2 is 1.62 bits per heavy atom. The van der Waals surface area contributed by atoms with E-state index in [-0.39, 0.29) is 16.8 Å². The molecule has 0 bridgehead atoms. The third-order valence-electron chi connectivity index (χ3n) is 5.86. The topological polar surface area (TPSA) is 87.7 Å². The van der Waals surface area contributed by atoms with Crippen LogP contribution in [0.15, 0.2) is 71.6 Å². The standard InChI is InChI=1S/C26H31N3O4S/c1-18-7-6-8-24(19(18)2)28-34(31,32)23-15-11-21(12-16-23)26(30)27-17-25(29(3)4)20-9-13-22(33-5)14-10-20/h6-16,25,28H,17H2,1-5H3,(H,27,30). The number of ether oxygens (including phenoxy) is 1. The van der Waals surface area contributed by atoms with Gasteiger partial charge in [0.1, 0.15) is 5.75 Å². The maximum atomic E-state index is 12.8. The van der Waals surface area contributed by atoms with Gasteiger partial charge in [-0.1, -0.05) is 24.3 Å². The van der Waals surface area contributed by atoms with E-state index in [1.165, 1.54) is 24.3 Å². The molecule has 1 amide bonds. The van der Waals surface area contributed by atoms with Crippen molar-refractivity contribution in [1.82, 2.24) is 10.2 Å². The van der Waals surface area contributed by atoms with E-state index in [1.807, 2.05) is 63.2 Å². The Morgan fingerprint density at radius 3 is 2.21 bits per heavy atom. The molecule has 8 heteroatoms. The second kappa shape index (κ2) is 10.7. The van der Waals surface area contributed by atoms with Gasteiger partial charge in [0.2, 0.25) is 0 Å². The maximum absolute atomic E-state index is 12.8. The molecule has 0 radical (unpaired) electrons. The number of rotatable bonds is 9. The zero-order chi connectivity index (χ0) is 24.9. The number of carbonyl (C=O) groups is 1. The summed E-state index contributed by atoms with van der Waals surface area (Å²) in [7, 11) is 1.74. The first-order valence-corrected chi connectivity index (χ1v) is 12.4. The molecule has 1 unspecified atom stereocenters. The number of aryl methyl sites for hydroxylation is 1. The van der Waals surface area contributed by atoms with Gasteiger partial charge in [-0.05, 0) is 87.1 Å². The molecule has 0 heterocycles. The van der Waals surface area contributed by atoms with Crippen LogP contribution in [-0.4, -0.2) is 47.0 Å². The molecule has 1 atom stereocenters. The molecule has 0 spiro atoms. The summed E-state index contributed by atoms with van der Waals surface area (Å²) in [6.07, 6.45) is 0. The lowest BCUT2D eigenvalue weighted by Gasteiger charge is -2.25. The smallest absolute Gasteiger partial charge is 0.261 e. The summed E-state index contributed by atoms with van der Waals surface area (Å²) >= 11 is 0. The number of sulfonamides is 1. The second-order valence-corrected chi connectivity index (χ2v) is 10.0. The average molecular weight is 482 g/mol. The molecular formula is C26H31N3O4S. The third kappa shape index (κ3) is 5.95. The normalized spacial score (nSPS) is 12.3. The lowest BCUT2D eigenvalue weighted by atomic mass is 10.1. The Hall–Kier alpha value is -3.36. The zero-order valence-corrected chi connectivity index (χ0v) is 20.9. The molecule has 0 aromatic heterocycles. The number of carbonyl (C=O) groups excluding carboxylic acids is 1. The van der Waals surface area contributed by atoms with Crippen LogP contribution in [0.3, 0.4) is 0 Å². The van der Waals surface area contributed by atoms with E-state index < -0.39 is 10.0 Å². The molecule has 2 N–H and O–H groups in total. The first kappa shape index (κ1) is 25.3. The van der Waals surface area contributed by atoms with Gasteiger partial charge in [0, 0.05) is 12.1 Å². The minimum absolute atomic E-state index is 0.0312. The average Bonchev–Trinajstić information content (AvgIpc) is 2.82. The van der Waals surface area contributed by atoms with Crippen LogP contribution < -0.4 is 14.8 Å². The minimum atomic E-state index is -3.77. The second-order valence-electron chi connectivity index (χ2n) is 8.34. The fourth-order valence-electron chi connectivity index (χ4n) is 3.57. The Kier molecular flexibility index (Phi) is 7.96. The predicted octanol–water partition coefficient (Wildman–Crippen LogP) is 4.15. The van der Waals surface area contributed by atoms with Crippen molar-refractivity contribution >= 4 is 21.6 Å². The Morgan fingerprint density at radius 1 is 0.971 bits per heavy atom. The number of nitrogens with one attached hydrogen (secondary N) is 2. The molecule has 34 heavy (non-hydrogen) atoms. The van der Waals surface area contributed by atoms with E-state index in [2.05, 4.69) is 10.0 Å². The first-order valence-electron chi connectivity index (χ1n) is 10.9. The van der Waals surface area contributed by atoms with Crippen molar-refractivity contribution in [2.75, 3.05) is 32.5 Å². The van der Waals surface area contributed by atoms with Gasteiger partial charge >= 0.3 is 0 Å². The molecule has 0 aliphatic carbocycles. The zero-order valence-electron chi connectivity index (χ0n) is 20.1. The molecule has 0 saturated carbocycles. The maximum Gasteiger partial charge on any atom is 0.261 e. The summed E-state index contributed by atoms with van der Waals surface area (Å²) in [5.41, 5.74) is 3.84. The van der Waals surface area contributed by atoms with Gasteiger partial charge in [0.25, 0.3) is 15.9 Å². The number of hydrogen-bond acceptors (Lipinski definition) is 5. The largest absolute Gasteiger partial charge is 0.497 e. The van der Waals surface area contributed by atoms with Gasteiger partial charge in [-0.2, -0.15) is 0 Å². The number of hydrogen-bond donors (Lipinski definition) is 2. The fourth-order valence-corrected chi connectivity index (χ4v) is 4.69. The van der Waals surface area contributed by atoms with Crippen molar-refractivity contribution in [2.45, 2.75) is 24.8 Å². The number of likely N-dealkylation sites (N-methyl/N-ethyl adjacent to an activating group) is 1. The summed E-state index contributed by atoms with van der Waals surface area (Å²) < 4.78 is 33.5. The van der Waals surface area contributed by atoms with Crippen LogP contribution in [0.5, 0.6) is 5.75 Å².